The van der Waals surface area contributed by atoms with E-state index >= 15 is 0 Å². The van der Waals surface area contributed by atoms with Crippen molar-refractivity contribution in [2.75, 3.05) is 33.4 Å². The number of nitrogens with zero attached hydrogens (tertiary/aromatic N) is 1. The molecule has 112 valence electrons. The average molecular weight is 268 g/mol. The predicted octanol–water partition coefficient (Wildman–Crippen LogP) is 2.50. The van der Waals surface area contributed by atoms with Crippen molar-refractivity contribution in [2.45, 2.75) is 52.0 Å². The fourth-order valence-electron chi connectivity index (χ4n) is 3.82. The minimum absolute atomic E-state index is 0.401. The molecule has 0 radical (unpaired) electrons. The Morgan fingerprint density at radius 3 is 2.74 bits per heavy atom. The number of hydrogen-bond donors (Lipinski definition) is 1. The van der Waals surface area contributed by atoms with Crippen LogP contribution in [0.3, 0.4) is 0 Å². The molecule has 1 saturated heterocycles. The SMILES string of the molecule is CN(CC1CCCOC1)CC1CC(C)(C)CCC1N. The molecule has 0 aromatic carbocycles. The first-order valence-electron chi connectivity index (χ1n) is 7.98. The van der Waals surface area contributed by atoms with Gasteiger partial charge < -0.3 is 15.4 Å². The van der Waals surface area contributed by atoms with Crippen molar-refractivity contribution in [1.82, 2.24) is 4.90 Å². The Labute approximate surface area is 118 Å². The highest BCUT2D eigenvalue weighted by Crippen LogP contribution is 2.38. The molecule has 3 nitrogen and oxygen atoms in total. The van der Waals surface area contributed by atoms with E-state index in [0.717, 1.165) is 25.7 Å². The van der Waals surface area contributed by atoms with E-state index in [-0.39, 0.29) is 0 Å². The van der Waals surface area contributed by atoms with Crippen LogP contribution in [0, 0.1) is 17.3 Å². The van der Waals surface area contributed by atoms with Crippen molar-refractivity contribution >= 4 is 0 Å². The molecular weight excluding hydrogens is 236 g/mol. The highest BCUT2D eigenvalue weighted by atomic mass is 16.5. The van der Waals surface area contributed by atoms with Crippen LogP contribution in [0.15, 0.2) is 0 Å². The van der Waals surface area contributed by atoms with Crippen LogP contribution in [-0.2, 0) is 4.74 Å². The topological polar surface area (TPSA) is 38.5 Å². The van der Waals surface area contributed by atoms with Crippen LogP contribution in [0.25, 0.3) is 0 Å². The molecule has 0 bridgehead atoms. The molecule has 0 spiro atoms. The standard InChI is InChI=1S/C16H32N2O/c1-16(2)7-6-15(17)14(9-16)11-18(3)10-13-5-4-8-19-12-13/h13-15H,4-12,17H2,1-3H3. The summed E-state index contributed by atoms with van der Waals surface area (Å²) in [6.45, 7) is 9.01. The van der Waals surface area contributed by atoms with Gasteiger partial charge >= 0.3 is 0 Å². The molecule has 0 amide bonds. The van der Waals surface area contributed by atoms with Gasteiger partial charge in [-0.15, -0.1) is 0 Å². The zero-order valence-electron chi connectivity index (χ0n) is 13.0. The predicted molar refractivity (Wildman–Crippen MR) is 80.1 cm³/mol. The Balaban J connectivity index is 1.78. The molecule has 1 aliphatic heterocycles. The van der Waals surface area contributed by atoms with Crippen LogP contribution < -0.4 is 5.73 Å². The van der Waals surface area contributed by atoms with Gasteiger partial charge in [-0.05, 0) is 56.4 Å². The maximum Gasteiger partial charge on any atom is 0.0506 e. The number of nitrogens with two attached hydrogens (primary N) is 1. The largest absolute Gasteiger partial charge is 0.381 e. The summed E-state index contributed by atoms with van der Waals surface area (Å²) in [4.78, 5) is 2.49. The van der Waals surface area contributed by atoms with Gasteiger partial charge in [0.25, 0.3) is 0 Å². The Kier molecular flexibility index (Phi) is 5.27. The van der Waals surface area contributed by atoms with E-state index in [9.17, 15) is 0 Å². The lowest BCUT2D eigenvalue weighted by Gasteiger charge is -2.41. The summed E-state index contributed by atoms with van der Waals surface area (Å²) < 4.78 is 5.58. The second kappa shape index (κ2) is 6.55. The lowest BCUT2D eigenvalue weighted by Crippen LogP contribution is -2.45. The maximum absolute atomic E-state index is 6.33. The molecule has 3 atom stereocenters. The number of rotatable bonds is 4. The van der Waals surface area contributed by atoms with Crippen molar-refractivity contribution in [3.8, 4) is 0 Å². The molecular formula is C16H32N2O. The van der Waals surface area contributed by atoms with Crippen LogP contribution in [0.1, 0.15) is 46.0 Å². The quantitative estimate of drug-likeness (QED) is 0.851. The first-order chi connectivity index (χ1) is 8.96. The van der Waals surface area contributed by atoms with Crippen LogP contribution >= 0.6 is 0 Å². The van der Waals surface area contributed by atoms with Gasteiger partial charge in [-0.25, -0.2) is 0 Å². The van der Waals surface area contributed by atoms with E-state index in [1.807, 2.05) is 0 Å². The summed E-state index contributed by atoms with van der Waals surface area (Å²) in [5.41, 5.74) is 6.81. The second-order valence-corrected chi connectivity index (χ2v) is 7.64. The van der Waals surface area contributed by atoms with Gasteiger partial charge in [0.1, 0.15) is 0 Å². The molecule has 0 aromatic heterocycles. The Morgan fingerprint density at radius 2 is 2.05 bits per heavy atom. The second-order valence-electron chi connectivity index (χ2n) is 7.64. The van der Waals surface area contributed by atoms with Crippen LogP contribution in [0.2, 0.25) is 0 Å². The summed E-state index contributed by atoms with van der Waals surface area (Å²) >= 11 is 0. The van der Waals surface area contributed by atoms with E-state index in [0.29, 0.717) is 17.4 Å². The van der Waals surface area contributed by atoms with E-state index < -0.39 is 0 Å². The summed E-state index contributed by atoms with van der Waals surface area (Å²) in [6, 6.07) is 0.401. The minimum Gasteiger partial charge on any atom is -0.381 e. The zero-order chi connectivity index (χ0) is 13.9. The summed E-state index contributed by atoms with van der Waals surface area (Å²) in [5, 5.41) is 0. The van der Waals surface area contributed by atoms with Crippen LogP contribution in [-0.4, -0.2) is 44.3 Å². The molecule has 0 aromatic rings. The molecule has 1 aliphatic carbocycles. The molecule has 1 saturated carbocycles. The van der Waals surface area contributed by atoms with Gasteiger partial charge in [0.2, 0.25) is 0 Å². The van der Waals surface area contributed by atoms with Gasteiger partial charge in [-0.1, -0.05) is 13.8 Å². The van der Waals surface area contributed by atoms with E-state index in [1.165, 1.54) is 38.6 Å². The molecule has 1 heterocycles. The Morgan fingerprint density at radius 1 is 1.26 bits per heavy atom. The normalized spacial score (nSPS) is 35.5. The first-order valence-corrected chi connectivity index (χ1v) is 7.98. The minimum atomic E-state index is 0.401. The highest BCUT2D eigenvalue weighted by molar-refractivity contribution is 4.88. The van der Waals surface area contributed by atoms with Crippen molar-refractivity contribution < 1.29 is 4.74 Å². The molecule has 2 aliphatic rings. The molecule has 2 rings (SSSR count). The van der Waals surface area contributed by atoms with Crippen molar-refractivity contribution in [3.63, 3.8) is 0 Å². The first kappa shape index (κ1) is 15.3. The third kappa shape index (κ3) is 4.73. The van der Waals surface area contributed by atoms with Crippen molar-refractivity contribution in [1.29, 1.82) is 0 Å². The Bertz CT molecular complexity index is 274. The molecule has 3 heteroatoms. The van der Waals surface area contributed by atoms with Crippen LogP contribution in [0.5, 0.6) is 0 Å². The van der Waals surface area contributed by atoms with Gasteiger partial charge in [0.15, 0.2) is 0 Å². The lowest BCUT2D eigenvalue weighted by molar-refractivity contribution is 0.0360. The molecule has 2 fully saturated rings. The lowest BCUT2D eigenvalue weighted by atomic mass is 9.70. The van der Waals surface area contributed by atoms with E-state index in [4.69, 9.17) is 10.5 Å². The average Bonchev–Trinajstić information content (AvgIpc) is 2.35. The van der Waals surface area contributed by atoms with Crippen LogP contribution in [0.4, 0.5) is 0 Å². The fraction of sp³-hybridized carbons (Fsp3) is 1.00. The summed E-state index contributed by atoms with van der Waals surface area (Å²) in [6.07, 6.45) is 6.31. The smallest absolute Gasteiger partial charge is 0.0506 e. The van der Waals surface area contributed by atoms with Gasteiger partial charge in [-0.3, -0.25) is 0 Å². The number of ether oxygens (including phenoxy) is 1. The zero-order valence-corrected chi connectivity index (χ0v) is 13.0. The molecule has 19 heavy (non-hydrogen) atoms. The monoisotopic (exact) mass is 268 g/mol. The highest BCUT2D eigenvalue weighted by Gasteiger charge is 2.33. The van der Waals surface area contributed by atoms with Gasteiger partial charge in [0, 0.05) is 25.7 Å². The van der Waals surface area contributed by atoms with Gasteiger partial charge in [0.05, 0.1) is 6.61 Å². The molecule has 3 unspecified atom stereocenters. The fourth-order valence-corrected chi connectivity index (χ4v) is 3.82. The van der Waals surface area contributed by atoms with Crippen molar-refractivity contribution in [2.24, 2.45) is 23.0 Å². The summed E-state index contributed by atoms with van der Waals surface area (Å²) in [7, 11) is 2.25. The summed E-state index contributed by atoms with van der Waals surface area (Å²) in [5.74, 6) is 1.39. The van der Waals surface area contributed by atoms with Gasteiger partial charge in [-0.2, -0.15) is 0 Å². The third-order valence-corrected chi connectivity index (χ3v) is 4.95. The van der Waals surface area contributed by atoms with E-state index in [2.05, 4.69) is 25.8 Å². The van der Waals surface area contributed by atoms with E-state index in [1.54, 1.807) is 0 Å². The Hall–Kier alpha value is -0.120. The molecule has 2 N–H and O–H groups in total. The maximum atomic E-state index is 6.33. The van der Waals surface area contributed by atoms with Crippen molar-refractivity contribution in [3.05, 3.63) is 0 Å². The third-order valence-electron chi connectivity index (χ3n) is 4.95. The number of hydrogen-bond acceptors (Lipinski definition) is 3.